The van der Waals surface area contributed by atoms with Gasteiger partial charge in [0.25, 0.3) is 5.56 Å². The summed E-state index contributed by atoms with van der Waals surface area (Å²) in [6.45, 7) is 0.253. The number of ketones is 1. The largest absolute Gasteiger partial charge is 0.304 e. The van der Waals surface area contributed by atoms with Crippen LogP contribution < -0.4 is 5.56 Å². The summed E-state index contributed by atoms with van der Waals surface area (Å²) < 4.78 is 1.57. The first-order valence-electron chi connectivity index (χ1n) is 6.14. The molecule has 3 rings (SSSR count). The lowest BCUT2D eigenvalue weighted by molar-refractivity contribution is 0.0970. The van der Waals surface area contributed by atoms with E-state index in [-0.39, 0.29) is 17.9 Å². The highest BCUT2D eigenvalue weighted by atomic mass is 16.1. The van der Waals surface area contributed by atoms with Crippen LogP contribution in [0.3, 0.4) is 0 Å². The zero-order valence-corrected chi connectivity index (χ0v) is 10.5. The van der Waals surface area contributed by atoms with Crippen molar-refractivity contribution in [2.24, 2.45) is 7.05 Å². The highest BCUT2D eigenvalue weighted by Gasteiger charge is 2.21. The van der Waals surface area contributed by atoms with E-state index >= 15 is 0 Å². The SMILES string of the molecule is Cn1nnc(Cn2c3c(ccc2=O)C(=O)CCC3)n1. The number of hydrogen-bond acceptors (Lipinski definition) is 5. The second-order valence-electron chi connectivity index (χ2n) is 4.59. The Hall–Kier alpha value is -2.31. The minimum atomic E-state index is -0.138. The molecule has 0 bridgehead atoms. The molecule has 0 aliphatic heterocycles. The summed E-state index contributed by atoms with van der Waals surface area (Å²) in [5.74, 6) is 0.568. The monoisotopic (exact) mass is 259 g/mol. The van der Waals surface area contributed by atoms with E-state index in [1.807, 2.05) is 0 Å². The molecule has 0 N–H and O–H groups in total. The molecule has 0 saturated carbocycles. The van der Waals surface area contributed by atoms with Crippen molar-refractivity contribution in [1.29, 1.82) is 0 Å². The van der Waals surface area contributed by atoms with Gasteiger partial charge in [-0.05, 0) is 24.1 Å². The van der Waals surface area contributed by atoms with Gasteiger partial charge in [-0.2, -0.15) is 4.80 Å². The third kappa shape index (κ3) is 2.07. The summed E-state index contributed by atoms with van der Waals surface area (Å²) in [7, 11) is 1.67. The highest BCUT2D eigenvalue weighted by Crippen LogP contribution is 2.19. The summed E-state index contributed by atoms with van der Waals surface area (Å²) in [5.41, 5.74) is 1.30. The number of hydrogen-bond donors (Lipinski definition) is 0. The van der Waals surface area contributed by atoms with Gasteiger partial charge in [0.2, 0.25) is 0 Å². The van der Waals surface area contributed by atoms with Gasteiger partial charge < -0.3 is 4.57 Å². The van der Waals surface area contributed by atoms with Crippen molar-refractivity contribution in [3.05, 3.63) is 39.6 Å². The van der Waals surface area contributed by atoms with E-state index in [1.165, 1.54) is 10.9 Å². The van der Waals surface area contributed by atoms with Crippen LogP contribution in [0.25, 0.3) is 0 Å². The molecular formula is C12H13N5O2. The molecule has 0 spiro atoms. The quantitative estimate of drug-likeness (QED) is 0.754. The maximum Gasteiger partial charge on any atom is 0.251 e. The summed E-state index contributed by atoms with van der Waals surface area (Å²) in [6.07, 6.45) is 2.06. The molecule has 0 unspecified atom stereocenters. The van der Waals surface area contributed by atoms with Crippen LogP contribution >= 0.6 is 0 Å². The van der Waals surface area contributed by atoms with Gasteiger partial charge in [-0.1, -0.05) is 0 Å². The van der Waals surface area contributed by atoms with Crippen molar-refractivity contribution in [1.82, 2.24) is 24.8 Å². The van der Waals surface area contributed by atoms with E-state index in [1.54, 1.807) is 17.7 Å². The normalized spacial score (nSPS) is 14.5. The van der Waals surface area contributed by atoms with Crippen molar-refractivity contribution in [3.63, 3.8) is 0 Å². The fourth-order valence-corrected chi connectivity index (χ4v) is 2.40. The number of fused-ring (bicyclic) bond motifs is 1. The number of tetrazole rings is 1. The van der Waals surface area contributed by atoms with Crippen LogP contribution in [0.1, 0.15) is 34.7 Å². The molecular weight excluding hydrogens is 246 g/mol. The minimum Gasteiger partial charge on any atom is -0.304 e. The molecule has 2 heterocycles. The molecule has 7 heteroatoms. The van der Waals surface area contributed by atoms with Crippen molar-refractivity contribution in [2.75, 3.05) is 0 Å². The molecule has 0 saturated heterocycles. The van der Waals surface area contributed by atoms with Crippen LogP contribution in [0.2, 0.25) is 0 Å². The van der Waals surface area contributed by atoms with Crippen LogP contribution in [0.5, 0.6) is 0 Å². The van der Waals surface area contributed by atoms with Crippen LogP contribution in [0, 0.1) is 0 Å². The average molecular weight is 259 g/mol. The first kappa shape index (κ1) is 11.8. The van der Waals surface area contributed by atoms with E-state index in [0.29, 0.717) is 17.8 Å². The topological polar surface area (TPSA) is 82.7 Å². The molecule has 1 aliphatic carbocycles. The van der Waals surface area contributed by atoms with Crippen molar-refractivity contribution in [2.45, 2.75) is 25.8 Å². The number of carbonyl (C=O) groups is 1. The third-order valence-electron chi connectivity index (χ3n) is 3.26. The number of pyridine rings is 1. The van der Waals surface area contributed by atoms with Crippen LogP contribution in [-0.4, -0.2) is 30.6 Å². The lowest BCUT2D eigenvalue weighted by atomic mass is 9.94. The Kier molecular flexibility index (Phi) is 2.73. The molecule has 7 nitrogen and oxygen atoms in total. The number of carbonyl (C=O) groups excluding carboxylic acids is 1. The number of rotatable bonds is 2. The van der Waals surface area contributed by atoms with Gasteiger partial charge in [-0.25, -0.2) is 0 Å². The second-order valence-corrected chi connectivity index (χ2v) is 4.59. The molecule has 1 aliphatic rings. The third-order valence-corrected chi connectivity index (χ3v) is 3.26. The maximum absolute atomic E-state index is 12.0. The Bertz CT molecular complexity index is 700. The van der Waals surface area contributed by atoms with Crippen LogP contribution in [0.4, 0.5) is 0 Å². The zero-order valence-electron chi connectivity index (χ0n) is 10.5. The summed E-state index contributed by atoms with van der Waals surface area (Å²) in [5, 5.41) is 11.7. The first-order chi connectivity index (χ1) is 9.15. The van der Waals surface area contributed by atoms with Crippen LogP contribution in [0.15, 0.2) is 16.9 Å². The lowest BCUT2D eigenvalue weighted by Gasteiger charge is -2.18. The van der Waals surface area contributed by atoms with Gasteiger partial charge >= 0.3 is 0 Å². The zero-order chi connectivity index (χ0) is 13.4. The van der Waals surface area contributed by atoms with Gasteiger partial charge in [-0.15, -0.1) is 10.2 Å². The molecule has 0 radical (unpaired) electrons. The Morgan fingerprint density at radius 2 is 2.11 bits per heavy atom. The van der Waals surface area contributed by atoms with Gasteiger partial charge in [-0.3, -0.25) is 9.59 Å². The maximum atomic E-state index is 12.0. The molecule has 19 heavy (non-hydrogen) atoms. The fourth-order valence-electron chi connectivity index (χ4n) is 2.40. The molecule has 98 valence electrons. The van der Waals surface area contributed by atoms with Gasteiger partial charge in [0.05, 0.1) is 13.6 Å². The highest BCUT2D eigenvalue weighted by molar-refractivity contribution is 5.97. The predicted octanol–water partition coefficient (Wildman–Crippen LogP) is -0.0609. The molecule has 0 aromatic carbocycles. The Labute approximate surface area is 108 Å². The fraction of sp³-hybridized carbons (Fsp3) is 0.417. The Morgan fingerprint density at radius 3 is 2.84 bits per heavy atom. The van der Waals surface area contributed by atoms with E-state index in [2.05, 4.69) is 15.4 Å². The number of Topliss-reactive ketones (excluding diaryl/α,β-unsaturated/α-hetero) is 1. The van der Waals surface area contributed by atoms with Crippen LogP contribution in [-0.2, 0) is 20.0 Å². The van der Waals surface area contributed by atoms with E-state index < -0.39 is 0 Å². The molecule has 0 fully saturated rings. The standard InChI is InChI=1S/C12H13N5O2/c1-16-14-11(13-15-16)7-17-9-3-2-4-10(18)8(9)5-6-12(17)19/h5-6H,2-4,7H2,1H3. The van der Waals surface area contributed by atoms with Crippen molar-refractivity contribution < 1.29 is 4.79 Å². The predicted molar refractivity (Wildman–Crippen MR) is 65.9 cm³/mol. The Morgan fingerprint density at radius 1 is 1.26 bits per heavy atom. The molecule has 0 amide bonds. The summed E-state index contributed by atoms with van der Waals surface area (Å²) in [6, 6.07) is 3.05. The number of aromatic nitrogens is 5. The number of aryl methyl sites for hydroxylation is 1. The lowest BCUT2D eigenvalue weighted by Crippen LogP contribution is -2.28. The van der Waals surface area contributed by atoms with E-state index in [4.69, 9.17) is 0 Å². The number of nitrogens with zero attached hydrogens (tertiary/aromatic N) is 5. The minimum absolute atomic E-state index is 0.0992. The second kappa shape index (κ2) is 4.42. The summed E-state index contributed by atoms with van der Waals surface area (Å²) in [4.78, 5) is 25.2. The van der Waals surface area contributed by atoms with Crippen molar-refractivity contribution >= 4 is 5.78 Å². The van der Waals surface area contributed by atoms with Crippen molar-refractivity contribution in [3.8, 4) is 0 Å². The van der Waals surface area contributed by atoms with E-state index in [0.717, 1.165) is 18.5 Å². The Balaban J connectivity index is 2.07. The molecule has 2 aromatic rings. The average Bonchev–Trinajstić information content (AvgIpc) is 2.79. The summed E-state index contributed by atoms with van der Waals surface area (Å²) >= 11 is 0. The van der Waals surface area contributed by atoms with Gasteiger partial charge in [0.15, 0.2) is 11.6 Å². The van der Waals surface area contributed by atoms with Gasteiger partial charge in [0.1, 0.15) is 0 Å². The first-order valence-corrected chi connectivity index (χ1v) is 6.14. The molecule has 2 aromatic heterocycles. The smallest absolute Gasteiger partial charge is 0.251 e. The van der Waals surface area contributed by atoms with Gasteiger partial charge in [0, 0.05) is 23.7 Å². The molecule has 0 atom stereocenters. The van der Waals surface area contributed by atoms with E-state index in [9.17, 15) is 9.59 Å².